The average molecular weight is 325 g/mol. The van der Waals surface area contributed by atoms with Gasteiger partial charge in [-0.3, -0.25) is 9.59 Å². The van der Waals surface area contributed by atoms with Gasteiger partial charge in [-0.05, 0) is 36.1 Å². The first-order valence-electron chi connectivity index (χ1n) is 7.45. The molecule has 22 heavy (non-hydrogen) atoms. The number of nitrogens with one attached hydrogen (secondary N) is 1. The van der Waals surface area contributed by atoms with E-state index >= 15 is 0 Å². The normalized spacial score (nSPS) is 23.0. The monoisotopic (exact) mass is 325 g/mol. The van der Waals surface area contributed by atoms with Gasteiger partial charge in [0.15, 0.2) is 0 Å². The third kappa shape index (κ3) is 2.94. The van der Waals surface area contributed by atoms with Crippen molar-refractivity contribution in [3.63, 3.8) is 0 Å². The van der Waals surface area contributed by atoms with E-state index < -0.39 is 5.60 Å². The molecule has 1 unspecified atom stereocenters. The molecule has 1 aromatic heterocycles. The van der Waals surface area contributed by atoms with Crippen molar-refractivity contribution in [2.75, 3.05) is 12.3 Å². The molecular formula is C13H19N5O3S. The number of amides is 1. The average Bonchev–Trinajstić information content (AvgIpc) is 3.18. The van der Waals surface area contributed by atoms with Crippen molar-refractivity contribution in [3.8, 4) is 0 Å². The number of rotatable bonds is 5. The number of carbonyl (C=O) groups excluding carboxylic acids is 2. The molecule has 1 saturated heterocycles. The summed E-state index contributed by atoms with van der Waals surface area (Å²) in [4.78, 5) is 24.0. The Morgan fingerprint density at radius 3 is 2.95 bits per heavy atom. The zero-order valence-corrected chi connectivity index (χ0v) is 13.3. The van der Waals surface area contributed by atoms with E-state index in [2.05, 4.69) is 20.8 Å². The quantitative estimate of drug-likeness (QED) is 0.472. The minimum absolute atomic E-state index is 0.0792. The van der Waals surface area contributed by atoms with Crippen LogP contribution in [0.5, 0.6) is 0 Å². The first kappa shape index (κ1) is 15.3. The SMILES string of the molecule is Cn1nnnc1SCCNC(=O)C1CC(=O)OC12CCCC2. The van der Waals surface area contributed by atoms with Crippen molar-refractivity contribution in [1.29, 1.82) is 0 Å². The molecule has 0 radical (unpaired) electrons. The van der Waals surface area contributed by atoms with Gasteiger partial charge in [0.1, 0.15) is 5.60 Å². The zero-order chi connectivity index (χ0) is 15.6. The summed E-state index contributed by atoms with van der Waals surface area (Å²) in [5.41, 5.74) is -0.540. The molecule has 2 aliphatic rings. The van der Waals surface area contributed by atoms with E-state index in [0.29, 0.717) is 17.5 Å². The number of esters is 1. The Morgan fingerprint density at radius 1 is 1.50 bits per heavy atom. The van der Waals surface area contributed by atoms with E-state index in [4.69, 9.17) is 4.74 Å². The highest BCUT2D eigenvalue weighted by atomic mass is 32.2. The van der Waals surface area contributed by atoms with Gasteiger partial charge in [-0.25, -0.2) is 4.68 Å². The fraction of sp³-hybridized carbons (Fsp3) is 0.769. The number of ether oxygens (including phenoxy) is 1. The van der Waals surface area contributed by atoms with Crippen LogP contribution in [-0.4, -0.2) is 50.0 Å². The predicted molar refractivity (Wildman–Crippen MR) is 77.9 cm³/mol. The smallest absolute Gasteiger partial charge is 0.307 e. The summed E-state index contributed by atoms with van der Waals surface area (Å²) in [6, 6.07) is 0. The molecule has 1 aromatic rings. The van der Waals surface area contributed by atoms with E-state index in [1.807, 2.05) is 0 Å². The van der Waals surface area contributed by atoms with Gasteiger partial charge in [0, 0.05) is 19.3 Å². The van der Waals surface area contributed by atoms with E-state index in [1.54, 1.807) is 11.7 Å². The Balaban J connectivity index is 1.49. The molecule has 3 rings (SSSR count). The Labute approximate surface area is 132 Å². The van der Waals surface area contributed by atoms with Crippen LogP contribution in [0.4, 0.5) is 0 Å². The molecule has 1 saturated carbocycles. The second kappa shape index (κ2) is 6.23. The lowest BCUT2D eigenvalue weighted by atomic mass is 9.85. The van der Waals surface area contributed by atoms with Gasteiger partial charge in [0.05, 0.1) is 12.3 Å². The Hall–Kier alpha value is -1.64. The van der Waals surface area contributed by atoms with Crippen molar-refractivity contribution in [1.82, 2.24) is 25.5 Å². The largest absolute Gasteiger partial charge is 0.458 e. The molecule has 8 nitrogen and oxygen atoms in total. The van der Waals surface area contributed by atoms with Gasteiger partial charge in [-0.15, -0.1) is 5.10 Å². The second-order valence-electron chi connectivity index (χ2n) is 5.73. The topological polar surface area (TPSA) is 99.0 Å². The Morgan fingerprint density at radius 2 is 2.27 bits per heavy atom. The van der Waals surface area contributed by atoms with Crippen LogP contribution in [0.15, 0.2) is 5.16 Å². The molecule has 1 aliphatic carbocycles. The number of hydrogen-bond acceptors (Lipinski definition) is 7. The molecule has 1 atom stereocenters. The van der Waals surface area contributed by atoms with Crippen molar-refractivity contribution in [2.45, 2.75) is 42.9 Å². The number of tetrazole rings is 1. The lowest BCUT2D eigenvalue weighted by Gasteiger charge is -2.27. The molecule has 1 amide bonds. The summed E-state index contributed by atoms with van der Waals surface area (Å²) < 4.78 is 7.08. The number of carbonyl (C=O) groups is 2. The molecule has 120 valence electrons. The van der Waals surface area contributed by atoms with Crippen molar-refractivity contribution in [2.24, 2.45) is 13.0 Å². The lowest BCUT2D eigenvalue weighted by molar-refractivity contribution is -0.149. The molecular weight excluding hydrogens is 306 g/mol. The van der Waals surface area contributed by atoms with Gasteiger partial charge >= 0.3 is 5.97 Å². The number of thioether (sulfide) groups is 1. The molecule has 9 heteroatoms. The first-order chi connectivity index (χ1) is 10.6. The molecule has 1 aliphatic heterocycles. The highest BCUT2D eigenvalue weighted by Crippen LogP contribution is 2.45. The Bertz CT molecular complexity index is 570. The van der Waals surface area contributed by atoms with Crippen molar-refractivity contribution in [3.05, 3.63) is 0 Å². The van der Waals surface area contributed by atoms with Gasteiger partial charge < -0.3 is 10.1 Å². The van der Waals surface area contributed by atoms with Gasteiger partial charge in [-0.2, -0.15) is 0 Å². The number of nitrogens with zero attached hydrogens (tertiary/aromatic N) is 4. The van der Waals surface area contributed by atoms with E-state index in [9.17, 15) is 9.59 Å². The lowest BCUT2D eigenvalue weighted by Crippen LogP contribution is -2.43. The van der Waals surface area contributed by atoms with E-state index in [0.717, 1.165) is 25.7 Å². The Kier molecular flexibility index (Phi) is 4.32. The fourth-order valence-corrected chi connectivity index (χ4v) is 3.94. The van der Waals surface area contributed by atoms with E-state index in [-0.39, 0.29) is 24.2 Å². The maximum Gasteiger partial charge on any atom is 0.307 e. The number of hydrogen-bond donors (Lipinski definition) is 1. The summed E-state index contributed by atoms with van der Waals surface area (Å²) in [6.07, 6.45) is 3.84. The van der Waals surface area contributed by atoms with Crippen LogP contribution in [0.2, 0.25) is 0 Å². The maximum atomic E-state index is 12.4. The molecule has 0 aromatic carbocycles. The van der Waals surface area contributed by atoms with Crippen LogP contribution in [0.3, 0.4) is 0 Å². The van der Waals surface area contributed by atoms with Crippen LogP contribution in [0.1, 0.15) is 32.1 Å². The zero-order valence-electron chi connectivity index (χ0n) is 12.4. The van der Waals surface area contributed by atoms with Crippen molar-refractivity contribution < 1.29 is 14.3 Å². The minimum atomic E-state index is -0.540. The van der Waals surface area contributed by atoms with Gasteiger partial charge in [-0.1, -0.05) is 11.8 Å². The summed E-state index contributed by atoms with van der Waals surface area (Å²) >= 11 is 1.48. The van der Waals surface area contributed by atoms with Crippen LogP contribution in [0, 0.1) is 5.92 Å². The van der Waals surface area contributed by atoms with Gasteiger partial charge in [0.2, 0.25) is 11.1 Å². The maximum absolute atomic E-state index is 12.4. The third-order valence-electron chi connectivity index (χ3n) is 4.30. The second-order valence-corrected chi connectivity index (χ2v) is 6.79. The van der Waals surface area contributed by atoms with Crippen LogP contribution >= 0.6 is 11.8 Å². The first-order valence-corrected chi connectivity index (χ1v) is 8.44. The van der Waals surface area contributed by atoms with Crippen LogP contribution in [0.25, 0.3) is 0 Å². The van der Waals surface area contributed by atoms with Gasteiger partial charge in [0.25, 0.3) is 0 Å². The summed E-state index contributed by atoms with van der Waals surface area (Å²) in [6.45, 7) is 0.511. The number of aromatic nitrogens is 4. The summed E-state index contributed by atoms with van der Waals surface area (Å²) in [5.74, 6) is 0.00380. The highest BCUT2D eigenvalue weighted by Gasteiger charge is 2.53. The number of aryl methyl sites for hydroxylation is 1. The minimum Gasteiger partial charge on any atom is -0.458 e. The molecule has 2 heterocycles. The fourth-order valence-electron chi connectivity index (χ4n) is 3.23. The van der Waals surface area contributed by atoms with Crippen molar-refractivity contribution >= 4 is 23.6 Å². The molecule has 2 fully saturated rings. The predicted octanol–water partition coefficient (Wildman–Crippen LogP) is 0.294. The highest BCUT2D eigenvalue weighted by molar-refractivity contribution is 7.99. The van der Waals surface area contributed by atoms with Crippen LogP contribution < -0.4 is 5.32 Å². The standard InChI is InChI=1S/C13H19N5O3S/c1-18-12(15-16-17-18)22-7-6-14-11(20)9-8-10(19)21-13(9)4-2-3-5-13/h9H,2-8H2,1H3,(H,14,20). The van der Waals surface area contributed by atoms with Crippen LogP contribution in [-0.2, 0) is 21.4 Å². The van der Waals surface area contributed by atoms with E-state index in [1.165, 1.54) is 11.8 Å². The molecule has 1 N–H and O–H groups in total. The molecule has 0 bridgehead atoms. The third-order valence-corrected chi connectivity index (χ3v) is 5.32. The molecule has 1 spiro atoms. The summed E-state index contributed by atoms with van der Waals surface area (Å²) in [5, 5.41) is 14.8. The summed E-state index contributed by atoms with van der Waals surface area (Å²) in [7, 11) is 1.77.